The summed E-state index contributed by atoms with van der Waals surface area (Å²) in [6.07, 6.45) is 4.40. The fourth-order valence-corrected chi connectivity index (χ4v) is 0.770. The van der Waals surface area contributed by atoms with Crippen LogP contribution in [-0.2, 0) is 19.1 Å². The molecule has 0 atom stereocenters. The first-order chi connectivity index (χ1) is 7.20. The molecule has 0 radical (unpaired) electrons. The summed E-state index contributed by atoms with van der Waals surface area (Å²) < 4.78 is 9.25. The predicted octanol–water partition coefficient (Wildman–Crippen LogP) is 1.63. The van der Waals surface area contributed by atoms with Crippen molar-refractivity contribution >= 4 is 11.9 Å². The molecule has 15 heavy (non-hydrogen) atoms. The molecule has 0 aliphatic carbocycles. The number of ether oxygens (including phenoxy) is 2. The van der Waals surface area contributed by atoms with E-state index < -0.39 is 0 Å². The molecule has 0 spiro atoms. The summed E-state index contributed by atoms with van der Waals surface area (Å²) in [5.41, 5.74) is 0. The monoisotopic (exact) mass is 212 g/mol. The Morgan fingerprint density at radius 1 is 1.07 bits per heavy atom. The predicted molar refractivity (Wildman–Crippen MR) is 54.6 cm³/mol. The highest BCUT2D eigenvalue weighted by Crippen LogP contribution is 1.91. The number of esters is 2. The van der Waals surface area contributed by atoms with Gasteiger partial charge in [-0.15, -0.1) is 0 Å². The van der Waals surface area contributed by atoms with Crippen molar-refractivity contribution in [3.8, 4) is 12.0 Å². The summed E-state index contributed by atoms with van der Waals surface area (Å²) in [4.78, 5) is 21.7. The Labute approximate surface area is 89.9 Å². The Morgan fingerprint density at radius 3 is 2.27 bits per heavy atom. The third kappa shape index (κ3) is 8.82. The summed E-state index contributed by atoms with van der Waals surface area (Å²) in [6, 6.07) is 0. The highest BCUT2D eigenvalue weighted by Gasteiger charge is 1.98. The third-order valence-electron chi connectivity index (χ3n) is 1.45. The first-order valence-electron chi connectivity index (χ1n) is 5.03. The van der Waals surface area contributed by atoms with E-state index in [1.165, 1.54) is 0 Å². The molecule has 4 nitrogen and oxygen atoms in total. The standard InChI is InChI=1S/C11H16O4/c1-3-6-10(12)14-8-5-9-15-11(13)7-4-2/h3-4,6-8H2,1-2H3. The van der Waals surface area contributed by atoms with E-state index in [2.05, 4.69) is 16.8 Å². The van der Waals surface area contributed by atoms with Crippen molar-refractivity contribution in [1.82, 2.24) is 0 Å². The molecule has 0 aromatic carbocycles. The zero-order valence-corrected chi connectivity index (χ0v) is 9.17. The smallest absolute Gasteiger partial charge is 0.319 e. The minimum Gasteiger partial charge on any atom is -0.452 e. The number of hydrogen-bond donors (Lipinski definition) is 0. The van der Waals surface area contributed by atoms with Gasteiger partial charge in [-0.05, 0) is 18.8 Å². The molecule has 4 heteroatoms. The maximum Gasteiger partial charge on any atom is 0.319 e. The van der Waals surface area contributed by atoms with Crippen molar-refractivity contribution in [3.05, 3.63) is 0 Å². The Bertz CT molecular complexity index is 259. The lowest BCUT2D eigenvalue weighted by Crippen LogP contribution is -2.04. The van der Waals surface area contributed by atoms with Crippen molar-refractivity contribution in [1.29, 1.82) is 0 Å². The zero-order chi connectivity index (χ0) is 11.5. The van der Waals surface area contributed by atoms with Crippen molar-refractivity contribution in [2.75, 3.05) is 6.61 Å². The molecule has 0 aromatic heterocycles. The maximum absolute atomic E-state index is 10.8. The van der Waals surface area contributed by atoms with E-state index in [4.69, 9.17) is 4.74 Å². The SMILES string of the molecule is CCCC(=O)OC#CCOC(=O)CCC. The van der Waals surface area contributed by atoms with E-state index in [9.17, 15) is 9.59 Å². The van der Waals surface area contributed by atoms with Gasteiger partial charge in [0.05, 0.1) is 0 Å². The van der Waals surface area contributed by atoms with E-state index in [0.717, 1.165) is 12.8 Å². The van der Waals surface area contributed by atoms with Crippen molar-refractivity contribution in [2.24, 2.45) is 0 Å². The minimum atomic E-state index is -0.357. The second-order valence-electron chi connectivity index (χ2n) is 2.91. The van der Waals surface area contributed by atoms with Gasteiger partial charge in [0.1, 0.15) is 6.11 Å². The largest absolute Gasteiger partial charge is 0.452 e. The Hall–Kier alpha value is -1.50. The average Bonchev–Trinajstić information content (AvgIpc) is 2.18. The van der Waals surface area contributed by atoms with Crippen LogP contribution in [0.3, 0.4) is 0 Å². The van der Waals surface area contributed by atoms with Crippen molar-refractivity contribution < 1.29 is 19.1 Å². The van der Waals surface area contributed by atoms with Crippen LogP contribution < -0.4 is 0 Å². The Kier molecular flexibility index (Phi) is 8.16. The summed E-state index contributed by atoms with van der Waals surface area (Å²) in [5.74, 6) is 1.79. The van der Waals surface area contributed by atoms with Crippen molar-refractivity contribution in [3.63, 3.8) is 0 Å². The van der Waals surface area contributed by atoms with Crippen LogP contribution in [-0.4, -0.2) is 18.5 Å². The van der Waals surface area contributed by atoms with Crippen LogP contribution in [0.4, 0.5) is 0 Å². The van der Waals surface area contributed by atoms with Gasteiger partial charge >= 0.3 is 11.9 Å². The van der Waals surface area contributed by atoms with Gasteiger partial charge in [-0.3, -0.25) is 9.59 Å². The van der Waals surface area contributed by atoms with Gasteiger partial charge < -0.3 is 9.47 Å². The van der Waals surface area contributed by atoms with Gasteiger partial charge in [0.15, 0.2) is 6.61 Å². The quantitative estimate of drug-likeness (QED) is 0.513. The fraction of sp³-hybridized carbons (Fsp3) is 0.636. The van der Waals surface area contributed by atoms with E-state index in [1.54, 1.807) is 0 Å². The molecule has 0 bridgehead atoms. The molecule has 0 rings (SSSR count). The van der Waals surface area contributed by atoms with E-state index >= 15 is 0 Å². The first-order valence-corrected chi connectivity index (χ1v) is 5.03. The number of hydrogen-bond acceptors (Lipinski definition) is 4. The van der Waals surface area contributed by atoms with Gasteiger partial charge in [-0.25, -0.2) is 0 Å². The molecular formula is C11H16O4. The van der Waals surface area contributed by atoms with Crippen LogP contribution >= 0.6 is 0 Å². The van der Waals surface area contributed by atoms with Crippen LogP contribution in [0, 0.1) is 12.0 Å². The van der Waals surface area contributed by atoms with Gasteiger partial charge in [-0.1, -0.05) is 13.8 Å². The minimum absolute atomic E-state index is 0.0295. The highest BCUT2D eigenvalue weighted by molar-refractivity contribution is 5.70. The molecule has 0 aliphatic heterocycles. The molecule has 0 aliphatic rings. The summed E-state index contributed by atoms with van der Waals surface area (Å²) >= 11 is 0. The van der Waals surface area contributed by atoms with E-state index in [1.807, 2.05) is 13.8 Å². The second kappa shape index (κ2) is 9.07. The van der Waals surface area contributed by atoms with Crippen LogP contribution in [0.2, 0.25) is 0 Å². The number of rotatable bonds is 5. The molecule has 0 heterocycles. The number of carbonyl (C=O) groups is 2. The molecule has 0 saturated heterocycles. The molecule has 0 saturated carbocycles. The lowest BCUT2D eigenvalue weighted by Gasteiger charge is -1.96. The third-order valence-corrected chi connectivity index (χ3v) is 1.45. The molecule has 0 amide bonds. The average molecular weight is 212 g/mol. The molecule has 0 N–H and O–H groups in total. The van der Waals surface area contributed by atoms with Crippen LogP contribution in [0.15, 0.2) is 0 Å². The summed E-state index contributed by atoms with van der Waals surface area (Å²) in [7, 11) is 0. The summed E-state index contributed by atoms with van der Waals surface area (Å²) in [5, 5.41) is 0. The van der Waals surface area contributed by atoms with Crippen LogP contribution in [0.1, 0.15) is 39.5 Å². The van der Waals surface area contributed by atoms with Gasteiger partial charge in [-0.2, -0.15) is 0 Å². The Balaban J connectivity index is 3.54. The van der Waals surface area contributed by atoms with E-state index in [0.29, 0.717) is 12.8 Å². The molecule has 0 fully saturated rings. The van der Waals surface area contributed by atoms with Crippen LogP contribution in [0.5, 0.6) is 0 Å². The van der Waals surface area contributed by atoms with Crippen LogP contribution in [0.25, 0.3) is 0 Å². The first kappa shape index (κ1) is 13.5. The topological polar surface area (TPSA) is 52.6 Å². The molecular weight excluding hydrogens is 196 g/mol. The lowest BCUT2D eigenvalue weighted by atomic mass is 10.3. The van der Waals surface area contributed by atoms with E-state index in [-0.39, 0.29) is 18.5 Å². The Morgan fingerprint density at radius 2 is 1.67 bits per heavy atom. The molecule has 0 aromatic rings. The van der Waals surface area contributed by atoms with Gasteiger partial charge in [0.2, 0.25) is 0 Å². The van der Waals surface area contributed by atoms with Gasteiger partial charge in [0.25, 0.3) is 0 Å². The van der Waals surface area contributed by atoms with Crippen molar-refractivity contribution in [2.45, 2.75) is 39.5 Å². The highest BCUT2D eigenvalue weighted by atomic mass is 16.5. The summed E-state index contributed by atoms with van der Waals surface area (Å²) in [6.45, 7) is 3.74. The molecule has 0 unspecified atom stereocenters. The lowest BCUT2D eigenvalue weighted by molar-refractivity contribution is -0.142. The van der Waals surface area contributed by atoms with Gasteiger partial charge in [0, 0.05) is 12.8 Å². The fourth-order valence-electron chi connectivity index (χ4n) is 0.770. The normalized spacial score (nSPS) is 8.67. The molecule has 84 valence electrons. The number of carbonyl (C=O) groups excluding carboxylic acids is 2. The maximum atomic E-state index is 10.8. The zero-order valence-electron chi connectivity index (χ0n) is 9.17. The second-order valence-corrected chi connectivity index (χ2v) is 2.91.